The Labute approximate surface area is 95.7 Å². The first-order chi connectivity index (χ1) is 7.64. The van der Waals surface area contributed by atoms with Gasteiger partial charge in [-0.3, -0.25) is 0 Å². The molecule has 1 saturated heterocycles. The molecule has 2 nitrogen and oxygen atoms in total. The zero-order valence-electron chi connectivity index (χ0n) is 8.99. The Morgan fingerprint density at radius 1 is 1.18 bits per heavy atom. The van der Waals surface area contributed by atoms with E-state index in [1.54, 1.807) is 0 Å². The van der Waals surface area contributed by atoms with Crippen LogP contribution in [-0.4, -0.2) is 33.8 Å². The lowest BCUT2D eigenvalue weighted by Crippen LogP contribution is -2.62. The molecule has 0 aliphatic carbocycles. The van der Waals surface area contributed by atoms with E-state index in [1.807, 2.05) is 0 Å². The summed E-state index contributed by atoms with van der Waals surface area (Å²) in [6, 6.07) is 0.168. The maximum atomic E-state index is 12.6. The highest BCUT2D eigenvalue weighted by atomic mass is 28.3. The second-order valence-corrected chi connectivity index (χ2v) is 5.72. The molecule has 1 atom stereocenters. The van der Waals surface area contributed by atoms with Gasteiger partial charge in [-0.1, -0.05) is 0 Å². The van der Waals surface area contributed by atoms with Gasteiger partial charge in [-0.25, -0.2) is 0 Å². The molecule has 1 aliphatic heterocycles. The van der Waals surface area contributed by atoms with E-state index < -0.39 is 33.7 Å². The molecule has 1 heterocycles. The van der Waals surface area contributed by atoms with Gasteiger partial charge in [0.15, 0.2) is 0 Å². The highest BCUT2D eigenvalue weighted by Crippen LogP contribution is 2.51. The van der Waals surface area contributed by atoms with Crippen molar-refractivity contribution in [2.45, 2.75) is 43.8 Å². The van der Waals surface area contributed by atoms with Crippen molar-refractivity contribution in [3.8, 4) is 0 Å². The van der Waals surface area contributed by atoms with Gasteiger partial charge in [-0.05, 0) is 25.8 Å². The SMILES string of the molecule is CCO[SiH]1CCCC(C(F)(F)F)(C(F)(F)F)O1. The molecule has 9 heteroatoms. The van der Waals surface area contributed by atoms with Crippen LogP contribution in [0.5, 0.6) is 0 Å². The summed E-state index contributed by atoms with van der Waals surface area (Å²) >= 11 is 0. The van der Waals surface area contributed by atoms with E-state index >= 15 is 0 Å². The minimum Gasteiger partial charge on any atom is -0.397 e. The van der Waals surface area contributed by atoms with Crippen molar-refractivity contribution < 1.29 is 35.2 Å². The number of rotatable bonds is 2. The van der Waals surface area contributed by atoms with Crippen LogP contribution in [0.3, 0.4) is 0 Å². The van der Waals surface area contributed by atoms with Gasteiger partial charge in [0.25, 0.3) is 5.60 Å². The third-order valence-electron chi connectivity index (χ3n) is 2.57. The summed E-state index contributed by atoms with van der Waals surface area (Å²) in [5.41, 5.74) is -4.04. The fourth-order valence-corrected chi connectivity index (χ4v) is 3.84. The summed E-state index contributed by atoms with van der Waals surface area (Å²) in [4.78, 5) is 0. The minimum atomic E-state index is -5.46. The van der Waals surface area contributed by atoms with Gasteiger partial charge in [0, 0.05) is 6.61 Å². The molecule has 1 aliphatic rings. The first-order valence-corrected chi connectivity index (χ1v) is 6.83. The molecule has 102 valence electrons. The number of hydrogen-bond donors (Lipinski definition) is 0. The lowest BCUT2D eigenvalue weighted by Gasteiger charge is -2.42. The topological polar surface area (TPSA) is 18.5 Å². The quantitative estimate of drug-likeness (QED) is 0.572. The predicted molar refractivity (Wildman–Crippen MR) is 48.7 cm³/mol. The third kappa shape index (κ3) is 2.76. The molecule has 1 unspecified atom stereocenters. The molecule has 0 aromatic rings. The van der Waals surface area contributed by atoms with E-state index in [9.17, 15) is 26.3 Å². The van der Waals surface area contributed by atoms with Crippen molar-refractivity contribution in [2.24, 2.45) is 0 Å². The van der Waals surface area contributed by atoms with Gasteiger partial charge < -0.3 is 8.85 Å². The number of alkyl halides is 6. The molecular weight excluding hydrogens is 270 g/mol. The Kier molecular flexibility index (Phi) is 4.15. The van der Waals surface area contributed by atoms with Gasteiger partial charge >= 0.3 is 21.6 Å². The summed E-state index contributed by atoms with van der Waals surface area (Å²) in [7, 11) is -2.89. The smallest absolute Gasteiger partial charge is 0.397 e. The van der Waals surface area contributed by atoms with E-state index in [0.29, 0.717) is 0 Å². The Morgan fingerprint density at radius 2 is 1.71 bits per heavy atom. The molecule has 0 bridgehead atoms. The van der Waals surface area contributed by atoms with Crippen LogP contribution in [0, 0.1) is 0 Å². The first-order valence-electron chi connectivity index (χ1n) is 5.07. The molecule has 0 saturated carbocycles. The molecule has 17 heavy (non-hydrogen) atoms. The van der Waals surface area contributed by atoms with Crippen molar-refractivity contribution in [1.29, 1.82) is 0 Å². The summed E-state index contributed by atoms with van der Waals surface area (Å²) in [6.45, 7) is 1.57. The molecule has 1 rings (SSSR count). The van der Waals surface area contributed by atoms with Crippen molar-refractivity contribution in [1.82, 2.24) is 0 Å². The Hall–Kier alpha value is -0.283. The van der Waals surface area contributed by atoms with E-state index in [0.717, 1.165) is 0 Å². The molecule has 0 aromatic heterocycles. The third-order valence-corrected chi connectivity index (χ3v) is 4.82. The Balaban J connectivity index is 3.00. The summed E-state index contributed by atoms with van der Waals surface area (Å²) in [5, 5.41) is 0. The van der Waals surface area contributed by atoms with E-state index in [-0.39, 0.29) is 19.1 Å². The highest BCUT2D eigenvalue weighted by Gasteiger charge is 2.73. The predicted octanol–water partition coefficient (Wildman–Crippen LogP) is 2.92. The molecule has 0 N–H and O–H groups in total. The van der Waals surface area contributed by atoms with Gasteiger partial charge in [0.05, 0.1) is 0 Å². The van der Waals surface area contributed by atoms with Gasteiger partial charge in [-0.2, -0.15) is 26.3 Å². The molecule has 0 radical (unpaired) electrons. The average Bonchev–Trinajstić information content (AvgIpc) is 2.15. The maximum Gasteiger partial charge on any atom is 0.425 e. The van der Waals surface area contributed by atoms with Crippen LogP contribution in [0.25, 0.3) is 0 Å². The molecule has 0 amide bonds. The van der Waals surface area contributed by atoms with Crippen molar-refractivity contribution >= 4 is 9.28 Å². The summed E-state index contributed by atoms with van der Waals surface area (Å²) < 4.78 is 84.9. The fourth-order valence-electron chi connectivity index (χ4n) is 1.74. The first kappa shape index (κ1) is 14.8. The Morgan fingerprint density at radius 3 is 2.12 bits per heavy atom. The Bertz CT molecular complexity index is 248. The zero-order chi connectivity index (χ0) is 13.3. The monoisotopic (exact) mass is 282 g/mol. The van der Waals surface area contributed by atoms with Crippen LogP contribution in [-0.2, 0) is 8.85 Å². The zero-order valence-corrected chi connectivity index (χ0v) is 10.1. The second kappa shape index (κ2) is 4.77. The minimum absolute atomic E-state index is 0.0582. The molecule has 1 fully saturated rings. The van der Waals surface area contributed by atoms with Crippen molar-refractivity contribution in [2.75, 3.05) is 6.61 Å². The van der Waals surface area contributed by atoms with Crippen LogP contribution < -0.4 is 0 Å². The lowest BCUT2D eigenvalue weighted by atomic mass is 9.96. The van der Waals surface area contributed by atoms with Crippen LogP contribution in [0.2, 0.25) is 6.04 Å². The number of halogens is 6. The highest BCUT2D eigenvalue weighted by molar-refractivity contribution is 6.44. The largest absolute Gasteiger partial charge is 0.425 e. The van der Waals surface area contributed by atoms with E-state index in [1.165, 1.54) is 6.92 Å². The average molecular weight is 282 g/mol. The second-order valence-electron chi connectivity index (χ2n) is 3.72. The van der Waals surface area contributed by atoms with Gasteiger partial charge in [0.2, 0.25) is 0 Å². The van der Waals surface area contributed by atoms with Crippen molar-refractivity contribution in [3.63, 3.8) is 0 Å². The van der Waals surface area contributed by atoms with Gasteiger partial charge in [-0.15, -0.1) is 0 Å². The molecule has 0 aromatic carbocycles. The summed E-state index contributed by atoms with van der Waals surface area (Å²) in [6.07, 6.45) is -12.2. The fraction of sp³-hybridized carbons (Fsp3) is 1.00. The molecular formula is C8H12F6O2Si. The summed E-state index contributed by atoms with van der Waals surface area (Å²) in [5.74, 6) is 0. The van der Waals surface area contributed by atoms with Crippen LogP contribution in [0.4, 0.5) is 26.3 Å². The lowest BCUT2D eigenvalue weighted by molar-refractivity contribution is -0.366. The van der Waals surface area contributed by atoms with Crippen molar-refractivity contribution in [3.05, 3.63) is 0 Å². The van der Waals surface area contributed by atoms with Gasteiger partial charge in [0.1, 0.15) is 0 Å². The molecule has 0 spiro atoms. The van der Waals surface area contributed by atoms with E-state index in [2.05, 4.69) is 4.43 Å². The maximum absolute atomic E-state index is 12.6. The standard InChI is InChI=1S/C8H12F6O2Si/c1-2-15-17-5-3-4-6(16-17,7(9,10)11)8(12,13)14/h17H,2-5H2,1H3. The number of hydrogen-bond acceptors (Lipinski definition) is 2. The van der Waals surface area contributed by atoms with Crippen LogP contribution in [0.1, 0.15) is 19.8 Å². The van der Waals surface area contributed by atoms with E-state index in [4.69, 9.17) is 4.43 Å². The van der Waals surface area contributed by atoms with Crippen LogP contribution >= 0.6 is 0 Å². The normalized spacial score (nSPS) is 25.9. The van der Waals surface area contributed by atoms with Crippen LogP contribution in [0.15, 0.2) is 0 Å².